The van der Waals surface area contributed by atoms with E-state index in [9.17, 15) is 43.7 Å². The minimum absolute atomic E-state index is 0.206. The molecule has 0 fully saturated rings. The molecule has 0 bridgehead atoms. The molecular weight excluding hydrogens is 1040 g/mol. The molecule has 0 aliphatic carbocycles. The summed E-state index contributed by atoms with van der Waals surface area (Å²) in [5, 5.41) is -3.65. The van der Waals surface area contributed by atoms with Crippen molar-refractivity contribution in [2.24, 2.45) is 0 Å². The fraction of sp³-hybridized carbons (Fsp3) is 0.984. The van der Waals surface area contributed by atoms with Crippen molar-refractivity contribution in [1.82, 2.24) is 4.90 Å². The Labute approximate surface area is 483 Å². The first-order chi connectivity index (χ1) is 37.6. The van der Waals surface area contributed by atoms with E-state index >= 15 is 0 Å². The van der Waals surface area contributed by atoms with E-state index in [1.54, 1.807) is 0 Å². The Morgan fingerprint density at radius 2 is 0.603 bits per heavy atom. The Hall–Kier alpha value is -0.840. The molecule has 0 saturated heterocycles. The van der Waals surface area contributed by atoms with Crippen LogP contribution in [0.25, 0.3) is 0 Å². The van der Waals surface area contributed by atoms with Crippen LogP contribution in [0.5, 0.6) is 0 Å². The van der Waals surface area contributed by atoms with Crippen molar-refractivity contribution >= 4 is 36.3 Å². The van der Waals surface area contributed by atoms with E-state index in [4.69, 9.17) is 4.74 Å². The van der Waals surface area contributed by atoms with Gasteiger partial charge in [0, 0.05) is 19.7 Å². The number of rotatable bonds is 64. The monoisotopic (exact) mass is 1170 g/mol. The first kappa shape index (κ1) is 77.2. The zero-order valence-corrected chi connectivity index (χ0v) is 53.4. The van der Waals surface area contributed by atoms with Gasteiger partial charge in [-0.05, 0) is 12.8 Å². The molecular formula is C63H127NO11S3. The molecule has 2 atom stereocenters. The molecule has 0 spiro atoms. The highest BCUT2D eigenvalue weighted by atomic mass is 32.2. The molecule has 2 unspecified atom stereocenters. The molecule has 468 valence electrons. The smallest absolute Gasteiger partial charge is 0.276 e. The van der Waals surface area contributed by atoms with Gasteiger partial charge < -0.3 is 9.64 Å². The molecule has 1 amide bonds. The number of carbonyl (C=O) groups is 1. The van der Waals surface area contributed by atoms with Crippen LogP contribution in [-0.4, -0.2) is 92.3 Å². The molecule has 0 radical (unpaired) electrons. The quantitative estimate of drug-likeness (QED) is 0.0388. The van der Waals surface area contributed by atoms with E-state index in [1.807, 2.05) is 0 Å². The lowest BCUT2D eigenvalue weighted by atomic mass is 10.0. The molecule has 12 nitrogen and oxygen atoms in total. The first-order valence-corrected chi connectivity index (χ1v) is 38.0. The largest absolute Gasteiger partial charge is 0.380 e. The Kier molecular flexibility index (Phi) is 54.8. The summed E-state index contributed by atoms with van der Waals surface area (Å²) in [5.74, 6) is -2.18. The summed E-state index contributed by atoms with van der Waals surface area (Å²) >= 11 is 0. The molecule has 0 rings (SSSR count). The second-order valence-corrected chi connectivity index (χ2v) is 28.6. The highest BCUT2D eigenvalue weighted by molar-refractivity contribution is 7.87. The van der Waals surface area contributed by atoms with Crippen molar-refractivity contribution in [1.29, 1.82) is 0 Å². The summed E-state index contributed by atoms with van der Waals surface area (Å²) in [7, 11) is -14.4. The molecule has 0 aromatic heterocycles. The Morgan fingerprint density at radius 1 is 0.359 bits per heavy atom. The Balaban J connectivity index is 4.19. The van der Waals surface area contributed by atoms with Crippen molar-refractivity contribution in [3.8, 4) is 0 Å². The number of carbonyl (C=O) groups excluding carboxylic acids is 1. The molecule has 15 heteroatoms. The first-order valence-electron chi connectivity index (χ1n) is 33.4. The minimum atomic E-state index is -4.96. The van der Waals surface area contributed by atoms with Crippen LogP contribution >= 0.6 is 0 Å². The van der Waals surface area contributed by atoms with Crippen molar-refractivity contribution in [2.45, 2.75) is 365 Å². The maximum atomic E-state index is 13.6. The summed E-state index contributed by atoms with van der Waals surface area (Å²) in [4.78, 5) is 14.3. The summed E-state index contributed by atoms with van der Waals surface area (Å²) in [6.45, 7) is 2.72. The maximum Gasteiger partial charge on any atom is 0.276 e. The molecule has 0 aliphatic rings. The van der Waals surface area contributed by atoms with Crippen LogP contribution in [0.2, 0.25) is 0 Å². The van der Waals surface area contributed by atoms with E-state index in [0.717, 1.165) is 44.9 Å². The zero-order chi connectivity index (χ0) is 57.5. The lowest BCUT2D eigenvalue weighted by Gasteiger charge is -2.28. The molecule has 3 N–H and O–H groups in total. The van der Waals surface area contributed by atoms with Gasteiger partial charge in [0.1, 0.15) is 5.25 Å². The number of hydrogen-bond acceptors (Lipinski definition) is 8. The summed E-state index contributed by atoms with van der Waals surface area (Å²) in [6.07, 6.45) is 65.5. The van der Waals surface area contributed by atoms with Gasteiger partial charge in [0.25, 0.3) is 30.4 Å². The highest BCUT2D eigenvalue weighted by Crippen LogP contribution is 2.21. The highest BCUT2D eigenvalue weighted by Gasteiger charge is 2.37. The van der Waals surface area contributed by atoms with Gasteiger partial charge in [0.2, 0.25) is 5.91 Å². The van der Waals surface area contributed by atoms with Gasteiger partial charge in [0.15, 0.2) is 5.25 Å². The van der Waals surface area contributed by atoms with Crippen molar-refractivity contribution < 1.29 is 48.4 Å². The van der Waals surface area contributed by atoms with Gasteiger partial charge in [0.05, 0.1) is 12.4 Å². The number of unbranched alkanes of at least 4 members (excludes halogenated alkanes) is 50. The van der Waals surface area contributed by atoms with Crippen LogP contribution in [-0.2, 0) is 39.9 Å². The molecule has 78 heavy (non-hydrogen) atoms. The fourth-order valence-corrected chi connectivity index (χ4v) is 12.9. The number of amides is 1. The molecule has 0 aliphatic heterocycles. The van der Waals surface area contributed by atoms with E-state index in [1.165, 1.54) is 270 Å². The number of ether oxygens (including phenoxy) is 1. The third kappa shape index (κ3) is 54.4. The fourth-order valence-electron chi connectivity index (χ4n) is 11.0. The van der Waals surface area contributed by atoms with Gasteiger partial charge in [-0.15, -0.1) is 0 Å². The van der Waals surface area contributed by atoms with Crippen LogP contribution in [0.1, 0.15) is 354 Å². The van der Waals surface area contributed by atoms with Crippen LogP contribution in [0.15, 0.2) is 0 Å². The second-order valence-electron chi connectivity index (χ2n) is 23.8. The third-order valence-electron chi connectivity index (χ3n) is 16.2. The Bertz CT molecular complexity index is 1630. The topological polar surface area (TPSA) is 193 Å². The third-order valence-corrected chi connectivity index (χ3v) is 19.2. The predicted molar refractivity (Wildman–Crippen MR) is 331 cm³/mol. The lowest BCUT2D eigenvalue weighted by Crippen LogP contribution is -2.49. The van der Waals surface area contributed by atoms with Crippen molar-refractivity contribution in [3.05, 3.63) is 0 Å². The molecule has 0 aromatic carbocycles. The SMILES string of the molecule is CCCCCCCCCCCCCCCCCCCCCCCCCCCCCCCCCOCC(CN(CCS(=O)(=O)O)C(=O)C(CCCCCCCCCCCCCCCCCCCCCCC)S(=O)(=O)O)S(=O)(=O)O. The van der Waals surface area contributed by atoms with Gasteiger partial charge in [-0.3, -0.25) is 18.5 Å². The van der Waals surface area contributed by atoms with Gasteiger partial charge in [-0.1, -0.05) is 341 Å². The maximum absolute atomic E-state index is 13.6. The van der Waals surface area contributed by atoms with Gasteiger partial charge >= 0.3 is 0 Å². The second kappa shape index (κ2) is 55.4. The van der Waals surface area contributed by atoms with Gasteiger partial charge in [-0.25, -0.2) is 0 Å². The van der Waals surface area contributed by atoms with E-state index in [0.29, 0.717) is 24.2 Å². The van der Waals surface area contributed by atoms with E-state index < -0.39 is 72.2 Å². The summed E-state index contributed by atoms with van der Waals surface area (Å²) < 4.78 is 108. The van der Waals surface area contributed by atoms with Crippen molar-refractivity contribution in [2.75, 3.05) is 32.1 Å². The van der Waals surface area contributed by atoms with Crippen LogP contribution in [0.3, 0.4) is 0 Å². The predicted octanol–water partition coefficient (Wildman–Crippen LogP) is 18.9. The zero-order valence-electron chi connectivity index (χ0n) is 50.9. The van der Waals surface area contributed by atoms with Crippen molar-refractivity contribution in [3.63, 3.8) is 0 Å². The molecule has 0 aromatic rings. The normalized spacial score (nSPS) is 13.1. The average Bonchev–Trinajstić information content (AvgIpc) is 3.39. The van der Waals surface area contributed by atoms with Crippen LogP contribution < -0.4 is 0 Å². The minimum Gasteiger partial charge on any atom is -0.380 e. The average molecular weight is 1170 g/mol. The number of nitrogens with zero attached hydrogens (tertiary/aromatic N) is 1. The molecule has 0 saturated carbocycles. The van der Waals surface area contributed by atoms with Gasteiger partial charge in [-0.2, -0.15) is 25.3 Å². The number of hydrogen-bond donors (Lipinski definition) is 3. The van der Waals surface area contributed by atoms with Crippen LogP contribution in [0.4, 0.5) is 0 Å². The summed E-state index contributed by atoms with van der Waals surface area (Å²) in [5.41, 5.74) is 0. The Morgan fingerprint density at radius 3 is 0.833 bits per heavy atom. The van der Waals surface area contributed by atoms with Crippen LogP contribution in [0, 0.1) is 0 Å². The lowest BCUT2D eigenvalue weighted by molar-refractivity contribution is -0.130. The van der Waals surface area contributed by atoms with E-state index in [2.05, 4.69) is 13.8 Å². The summed E-state index contributed by atoms with van der Waals surface area (Å²) in [6, 6.07) is 0. The molecule has 0 heterocycles. The van der Waals surface area contributed by atoms with E-state index in [-0.39, 0.29) is 13.0 Å². The standard InChI is InChI=1S/C63H127NO11S3/c1-3-5-7-9-11-13-15-17-19-21-23-25-26-27-28-29-30-31-32-33-34-36-38-40-42-44-46-48-50-52-54-57-75-60-61(77(69,70)71)59-64(56-58-76(66,67)68)63(65)62(78(72,73)74)55-53-51-49-47-45-43-41-39-37-35-24-22-20-18-16-14-12-10-8-6-4-2/h61-62H,3-60H2,1-2H3,(H,66,67,68)(H,69,70,71)(H,72,73,74).